The summed E-state index contributed by atoms with van der Waals surface area (Å²) in [6.45, 7) is 4.92. The van der Waals surface area contributed by atoms with E-state index < -0.39 is 0 Å². The van der Waals surface area contributed by atoms with Crippen molar-refractivity contribution in [3.8, 4) is 0 Å². The Kier molecular flexibility index (Phi) is 6.17. The molecule has 0 aromatic heterocycles. The minimum absolute atomic E-state index is 0. The largest absolute Gasteiger partial charge is 1.00 e. The first-order chi connectivity index (χ1) is 11.6. The second-order valence-corrected chi connectivity index (χ2v) is 6.24. The monoisotopic (exact) mass is 359 g/mol. The highest BCUT2D eigenvalue weighted by Crippen LogP contribution is 2.37. The number of hydrogen-bond acceptors (Lipinski definition) is 2. The molecule has 1 aliphatic rings. The molecule has 0 bridgehead atoms. The average molecular weight is 360 g/mol. The standard InChI is InChI=1S/C19H21N3O2.ClH/c1-13(2)20-12-11-18(23)22-16-9-5-3-7-14(16)19(24)21-15-8-4-6-10-17(15)22;/h3-10,13,20H,11-12H2,1-2H3,(H,21,24);1H. The van der Waals surface area contributed by atoms with Gasteiger partial charge in [0.15, 0.2) is 0 Å². The number of nitrogens with one attached hydrogen (secondary N) is 1. The van der Waals surface area contributed by atoms with Gasteiger partial charge in [0.1, 0.15) is 0 Å². The number of amides is 2. The van der Waals surface area contributed by atoms with E-state index in [1.165, 1.54) is 0 Å². The van der Waals surface area contributed by atoms with Gasteiger partial charge in [0.05, 0.1) is 41.6 Å². The fourth-order valence-electron chi connectivity index (χ4n) is 2.88. The summed E-state index contributed by atoms with van der Waals surface area (Å²) < 4.78 is 0. The van der Waals surface area contributed by atoms with Crippen LogP contribution in [0.3, 0.4) is 0 Å². The molecule has 0 atom stereocenters. The number of hydrogen-bond donors (Lipinski definition) is 2. The number of nitrogens with zero attached hydrogens (tertiary/aromatic N) is 1. The molecule has 0 spiro atoms. The first-order valence-electron chi connectivity index (χ1n) is 8.23. The number of carbonyl (C=O) groups excluding carboxylic acids is 2. The molecule has 6 heteroatoms. The van der Waals surface area contributed by atoms with Gasteiger partial charge in [0, 0.05) is 0 Å². The summed E-state index contributed by atoms with van der Waals surface area (Å²) in [6, 6.07) is 15.1. The lowest BCUT2D eigenvalue weighted by atomic mass is 10.1. The molecule has 3 N–H and O–H groups in total. The molecule has 3 rings (SSSR count). The number of quaternary nitrogens is 1. The smallest absolute Gasteiger partial charge is 0.257 e. The van der Waals surface area contributed by atoms with E-state index in [1.54, 1.807) is 11.0 Å². The summed E-state index contributed by atoms with van der Waals surface area (Å²) in [5.74, 6) is -0.203. The average Bonchev–Trinajstić information content (AvgIpc) is 2.68. The van der Waals surface area contributed by atoms with E-state index in [9.17, 15) is 9.59 Å². The summed E-state index contributed by atoms with van der Waals surface area (Å²) in [5.41, 5.74) is 2.51. The molecule has 2 aromatic carbocycles. The number of nitrogens with two attached hydrogens (primary N) is 1. The number of fused-ring (bicyclic) bond motifs is 2. The Bertz CT molecular complexity index is 777. The van der Waals surface area contributed by atoms with Crippen molar-refractivity contribution >= 4 is 28.9 Å². The third-order valence-electron chi connectivity index (χ3n) is 4.03. The maximum Gasteiger partial charge on any atom is 0.257 e. The quantitative estimate of drug-likeness (QED) is 0.757. The van der Waals surface area contributed by atoms with Crippen LogP contribution in [0, 0.1) is 0 Å². The van der Waals surface area contributed by atoms with Crippen molar-refractivity contribution in [1.82, 2.24) is 0 Å². The predicted octanol–water partition coefficient (Wildman–Crippen LogP) is -0.717. The summed E-state index contributed by atoms with van der Waals surface area (Å²) in [7, 11) is 0. The van der Waals surface area contributed by atoms with Crippen molar-refractivity contribution in [3.05, 3.63) is 54.1 Å². The van der Waals surface area contributed by atoms with Gasteiger partial charge in [-0.3, -0.25) is 14.5 Å². The third kappa shape index (κ3) is 4.00. The van der Waals surface area contributed by atoms with Crippen LogP contribution in [0.1, 0.15) is 30.6 Å². The van der Waals surface area contributed by atoms with Crippen LogP contribution in [-0.4, -0.2) is 24.4 Å². The van der Waals surface area contributed by atoms with Crippen LogP contribution in [0.5, 0.6) is 0 Å². The minimum Gasteiger partial charge on any atom is -1.00 e. The lowest BCUT2D eigenvalue weighted by molar-refractivity contribution is -0.681. The lowest BCUT2D eigenvalue weighted by Gasteiger charge is -2.23. The Morgan fingerprint density at radius 1 is 1.08 bits per heavy atom. The van der Waals surface area contributed by atoms with Gasteiger partial charge in [0.2, 0.25) is 5.91 Å². The zero-order valence-corrected chi connectivity index (χ0v) is 15.1. The first kappa shape index (κ1) is 19.0. The highest BCUT2D eigenvalue weighted by atomic mass is 35.5. The number of halogens is 1. The molecule has 0 aliphatic carbocycles. The van der Waals surface area contributed by atoms with Crippen LogP contribution in [-0.2, 0) is 4.79 Å². The highest BCUT2D eigenvalue weighted by molar-refractivity contribution is 6.17. The predicted molar refractivity (Wildman–Crippen MR) is 94.5 cm³/mol. The number of benzene rings is 2. The Hall–Kier alpha value is -2.37. The Morgan fingerprint density at radius 3 is 2.44 bits per heavy atom. The van der Waals surface area contributed by atoms with Crippen molar-refractivity contribution in [2.24, 2.45) is 0 Å². The molecule has 1 heterocycles. The van der Waals surface area contributed by atoms with Crippen molar-refractivity contribution in [2.75, 3.05) is 16.8 Å². The van der Waals surface area contributed by atoms with Crippen molar-refractivity contribution in [1.29, 1.82) is 0 Å². The zero-order valence-electron chi connectivity index (χ0n) is 14.3. The van der Waals surface area contributed by atoms with E-state index in [4.69, 9.17) is 0 Å². The molecule has 0 fully saturated rings. The van der Waals surface area contributed by atoms with Crippen molar-refractivity contribution < 1.29 is 27.3 Å². The molecule has 0 unspecified atom stereocenters. The molecular formula is C19H22ClN3O2. The highest BCUT2D eigenvalue weighted by Gasteiger charge is 2.28. The number of anilines is 3. The summed E-state index contributed by atoms with van der Waals surface area (Å²) >= 11 is 0. The van der Waals surface area contributed by atoms with E-state index in [0.29, 0.717) is 35.1 Å². The minimum atomic E-state index is -0.193. The van der Waals surface area contributed by atoms with Crippen LogP contribution < -0.4 is 27.9 Å². The van der Waals surface area contributed by atoms with Gasteiger partial charge in [-0.25, -0.2) is 0 Å². The molecule has 5 nitrogen and oxygen atoms in total. The first-order valence-corrected chi connectivity index (χ1v) is 8.23. The Labute approximate surface area is 153 Å². The Balaban J connectivity index is 0.00000225. The SMILES string of the molecule is CC(C)[NH2+]CCC(=O)N1c2ccccc2NC(=O)c2ccccc21.[Cl-]. The molecular weight excluding hydrogens is 338 g/mol. The van der Waals surface area contributed by atoms with Crippen LogP contribution in [0.15, 0.2) is 48.5 Å². The van der Waals surface area contributed by atoms with Gasteiger partial charge in [-0.15, -0.1) is 0 Å². The van der Waals surface area contributed by atoms with Gasteiger partial charge in [0.25, 0.3) is 5.91 Å². The molecule has 0 saturated carbocycles. The maximum atomic E-state index is 12.9. The van der Waals surface area contributed by atoms with Crippen LogP contribution >= 0.6 is 0 Å². The summed E-state index contributed by atoms with van der Waals surface area (Å²) in [4.78, 5) is 27.1. The molecule has 0 saturated heterocycles. The van der Waals surface area contributed by atoms with Crippen LogP contribution in [0.2, 0.25) is 0 Å². The van der Waals surface area contributed by atoms with Crippen LogP contribution in [0.4, 0.5) is 17.1 Å². The lowest BCUT2D eigenvalue weighted by Crippen LogP contribution is -3.00. The molecule has 25 heavy (non-hydrogen) atoms. The third-order valence-corrected chi connectivity index (χ3v) is 4.03. The number of para-hydroxylation sites is 3. The normalized spacial score (nSPS) is 12.6. The van der Waals surface area contributed by atoms with Gasteiger partial charge >= 0.3 is 0 Å². The molecule has 1 aliphatic heterocycles. The van der Waals surface area contributed by atoms with Gasteiger partial charge in [-0.2, -0.15) is 0 Å². The zero-order chi connectivity index (χ0) is 17.1. The second-order valence-electron chi connectivity index (χ2n) is 6.24. The molecule has 0 radical (unpaired) electrons. The topological polar surface area (TPSA) is 66.0 Å². The summed E-state index contributed by atoms with van der Waals surface area (Å²) in [5, 5.41) is 5.03. The summed E-state index contributed by atoms with van der Waals surface area (Å²) in [6.07, 6.45) is 0.412. The van der Waals surface area contributed by atoms with Crippen LogP contribution in [0.25, 0.3) is 0 Å². The van der Waals surface area contributed by atoms with Gasteiger partial charge in [-0.05, 0) is 38.1 Å². The fraction of sp³-hybridized carbons (Fsp3) is 0.263. The molecule has 2 aromatic rings. The van der Waals surface area contributed by atoms with E-state index in [0.717, 1.165) is 6.54 Å². The van der Waals surface area contributed by atoms with Crippen molar-refractivity contribution in [2.45, 2.75) is 26.3 Å². The molecule has 132 valence electrons. The van der Waals surface area contributed by atoms with Gasteiger partial charge < -0.3 is 23.0 Å². The number of rotatable bonds is 4. The van der Waals surface area contributed by atoms with E-state index in [1.807, 2.05) is 42.5 Å². The van der Waals surface area contributed by atoms with Crippen molar-refractivity contribution in [3.63, 3.8) is 0 Å². The number of carbonyl (C=O) groups is 2. The second kappa shape index (κ2) is 8.14. The van der Waals surface area contributed by atoms with E-state index >= 15 is 0 Å². The van der Waals surface area contributed by atoms with E-state index in [-0.39, 0.29) is 24.2 Å². The maximum absolute atomic E-state index is 12.9. The van der Waals surface area contributed by atoms with Gasteiger partial charge in [-0.1, -0.05) is 24.3 Å². The fourth-order valence-corrected chi connectivity index (χ4v) is 2.88. The Morgan fingerprint density at radius 2 is 1.72 bits per heavy atom. The van der Waals surface area contributed by atoms with E-state index in [2.05, 4.69) is 24.5 Å². The molecule has 2 amide bonds.